The van der Waals surface area contributed by atoms with Gasteiger partial charge in [-0.1, -0.05) is 17.7 Å². The summed E-state index contributed by atoms with van der Waals surface area (Å²) >= 11 is 5.81. The van der Waals surface area contributed by atoms with Crippen LogP contribution in [0.1, 0.15) is 5.56 Å². The average molecular weight is 282 g/mol. The first-order chi connectivity index (χ1) is 6.31. The van der Waals surface area contributed by atoms with Gasteiger partial charge in [0, 0.05) is 54.8 Å². The molecule has 0 aliphatic rings. The number of hydrogen-bond donors (Lipinski definition) is 1. The molecule has 1 aromatic heterocycles. The topological polar surface area (TPSA) is 32.9 Å². The number of halogens is 1. The van der Waals surface area contributed by atoms with Crippen LogP contribution in [-0.4, -0.2) is 11.3 Å². The molecule has 1 N–H and O–H groups in total. The van der Waals surface area contributed by atoms with E-state index < -0.39 is 0 Å². The van der Waals surface area contributed by atoms with E-state index in [4.69, 9.17) is 11.6 Å². The zero-order valence-corrected chi connectivity index (χ0v) is 11.0. The molecule has 0 atom stereocenters. The summed E-state index contributed by atoms with van der Waals surface area (Å²) in [6.07, 6.45) is 4.01. The van der Waals surface area contributed by atoms with Crippen LogP contribution in [0.3, 0.4) is 0 Å². The summed E-state index contributed by atoms with van der Waals surface area (Å²) in [7, 11) is 0. The van der Waals surface area contributed by atoms with Crippen LogP contribution in [0, 0.1) is 0 Å². The van der Waals surface area contributed by atoms with Crippen LogP contribution in [-0.2, 0) is 43.9 Å². The van der Waals surface area contributed by atoms with Crippen molar-refractivity contribution in [3.8, 4) is 0 Å². The van der Waals surface area contributed by atoms with E-state index in [1.807, 2.05) is 30.7 Å². The van der Waals surface area contributed by atoms with E-state index in [2.05, 4.69) is 4.98 Å². The summed E-state index contributed by atoms with van der Waals surface area (Å²) < 4.78 is 0. The molecule has 4 heteroatoms. The van der Waals surface area contributed by atoms with Crippen molar-refractivity contribution in [2.24, 2.45) is 0 Å². The van der Waals surface area contributed by atoms with E-state index in [9.17, 15) is 4.79 Å². The van der Waals surface area contributed by atoms with E-state index in [0.717, 1.165) is 16.5 Å². The zero-order valence-electron chi connectivity index (χ0n) is 7.38. The molecule has 0 saturated heterocycles. The molecular formula is C10H7ClNOY-. The fraction of sp³-hybridized carbons (Fsp3) is 0.100. The van der Waals surface area contributed by atoms with Gasteiger partial charge < -0.3 is 9.78 Å². The van der Waals surface area contributed by atoms with Crippen LogP contribution in [0.5, 0.6) is 0 Å². The van der Waals surface area contributed by atoms with Gasteiger partial charge in [-0.2, -0.15) is 0 Å². The molecule has 0 amide bonds. The molecule has 2 aromatic rings. The summed E-state index contributed by atoms with van der Waals surface area (Å²) in [5.74, 6) is 0. The monoisotopic (exact) mass is 281 g/mol. The molecule has 1 heterocycles. The van der Waals surface area contributed by atoms with Crippen molar-refractivity contribution in [2.75, 3.05) is 0 Å². The number of carbonyl (C=O) groups excluding carboxylic acids is 1. The van der Waals surface area contributed by atoms with Gasteiger partial charge in [-0.15, -0.1) is 6.42 Å². The maximum absolute atomic E-state index is 10.2. The second-order valence-electron chi connectivity index (χ2n) is 2.82. The van der Waals surface area contributed by atoms with Gasteiger partial charge >= 0.3 is 0 Å². The maximum atomic E-state index is 10.2. The van der Waals surface area contributed by atoms with Crippen LogP contribution in [0.15, 0.2) is 24.4 Å². The number of nitrogens with one attached hydrogen (secondary N) is 1. The number of hydrogen-bond acceptors (Lipinski definition) is 1. The first kappa shape index (κ1) is 11.9. The molecule has 1 aromatic carbocycles. The summed E-state index contributed by atoms with van der Waals surface area (Å²) in [6.45, 7) is 0. The van der Waals surface area contributed by atoms with Gasteiger partial charge in [-0.25, -0.2) is 0 Å². The Labute approximate surface area is 112 Å². The minimum absolute atomic E-state index is 0. The summed E-state index contributed by atoms with van der Waals surface area (Å²) in [5.41, 5.74) is 1.92. The van der Waals surface area contributed by atoms with Gasteiger partial charge in [0.05, 0.1) is 0 Å². The van der Waals surface area contributed by atoms with E-state index >= 15 is 0 Å². The molecule has 0 aliphatic heterocycles. The van der Waals surface area contributed by atoms with Crippen LogP contribution in [0.25, 0.3) is 10.9 Å². The second kappa shape index (κ2) is 5.06. The number of H-pyrrole nitrogens is 1. The largest absolute Gasteiger partial charge is 0.541 e. The Morgan fingerprint density at radius 1 is 1.43 bits per heavy atom. The number of rotatable bonds is 2. The molecule has 0 fully saturated rings. The van der Waals surface area contributed by atoms with Crippen molar-refractivity contribution in [3.63, 3.8) is 0 Å². The molecule has 0 unspecified atom stereocenters. The first-order valence-electron chi connectivity index (χ1n) is 3.92. The van der Waals surface area contributed by atoms with Gasteiger partial charge in [0.25, 0.3) is 0 Å². The zero-order chi connectivity index (χ0) is 9.26. The maximum Gasteiger partial charge on any atom is 0.0470 e. The molecule has 0 aliphatic carbocycles. The molecule has 0 spiro atoms. The third kappa shape index (κ3) is 2.25. The molecule has 14 heavy (non-hydrogen) atoms. The van der Waals surface area contributed by atoms with E-state index in [0.29, 0.717) is 11.4 Å². The van der Waals surface area contributed by atoms with Crippen molar-refractivity contribution in [3.05, 3.63) is 35.0 Å². The fourth-order valence-corrected chi connectivity index (χ4v) is 1.55. The third-order valence-electron chi connectivity index (χ3n) is 1.99. The molecule has 0 saturated carbocycles. The minimum Gasteiger partial charge on any atom is -0.541 e. The molecule has 1 radical (unpaired) electrons. The molecule has 2 rings (SSSR count). The Bertz CT molecular complexity index is 452. The number of benzene rings is 1. The average Bonchev–Trinajstić information content (AvgIpc) is 2.49. The second-order valence-corrected chi connectivity index (χ2v) is 3.26. The quantitative estimate of drug-likeness (QED) is 0.843. The molecule has 69 valence electrons. The smallest absolute Gasteiger partial charge is 0.0470 e. The van der Waals surface area contributed by atoms with Crippen molar-refractivity contribution in [2.45, 2.75) is 6.42 Å². The van der Waals surface area contributed by atoms with Crippen LogP contribution < -0.4 is 0 Å². The predicted molar refractivity (Wildman–Crippen MR) is 52.7 cm³/mol. The van der Waals surface area contributed by atoms with Gasteiger partial charge in [0.15, 0.2) is 0 Å². The first-order valence-corrected chi connectivity index (χ1v) is 4.29. The normalized spacial score (nSPS) is 9.79. The number of aromatic amines is 1. The van der Waals surface area contributed by atoms with Crippen LogP contribution in [0.2, 0.25) is 5.02 Å². The Morgan fingerprint density at radius 3 is 2.93 bits per heavy atom. The van der Waals surface area contributed by atoms with Crippen molar-refractivity contribution in [1.82, 2.24) is 4.98 Å². The standard InChI is InChI=1S/C10H7ClNO.Y/c11-8-1-2-9-7(3-4-13)6-12-10(9)5-8;/h1-2,5-6,12H,3H2;/q-1;. The Kier molecular flexibility index (Phi) is 4.30. The number of aromatic nitrogens is 1. The third-order valence-corrected chi connectivity index (χ3v) is 2.23. The van der Waals surface area contributed by atoms with Crippen molar-refractivity contribution >= 4 is 28.8 Å². The predicted octanol–water partition coefficient (Wildman–Crippen LogP) is 2.47. The van der Waals surface area contributed by atoms with Gasteiger partial charge in [0.2, 0.25) is 0 Å². The summed E-state index contributed by atoms with van der Waals surface area (Å²) in [5, 5.41) is 1.73. The SMILES string of the molecule is O=[C-]Cc1c[nH]c2cc(Cl)ccc12.[Y]. The number of fused-ring (bicyclic) bond motifs is 1. The van der Waals surface area contributed by atoms with Gasteiger partial charge in [0.1, 0.15) is 0 Å². The minimum atomic E-state index is 0. The van der Waals surface area contributed by atoms with Crippen molar-refractivity contribution in [1.29, 1.82) is 0 Å². The molecule has 2 nitrogen and oxygen atoms in total. The fourth-order valence-electron chi connectivity index (χ4n) is 1.38. The molecule has 0 bridgehead atoms. The molecular weight excluding hydrogens is 274 g/mol. The van der Waals surface area contributed by atoms with Gasteiger partial charge in [-0.3, -0.25) is 6.29 Å². The van der Waals surface area contributed by atoms with E-state index in [1.165, 1.54) is 0 Å². The van der Waals surface area contributed by atoms with Crippen LogP contribution in [0.4, 0.5) is 0 Å². The van der Waals surface area contributed by atoms with Crippen LogP contribution >= 0.6 is 11.6 Å². The summed E-state index contributed by atoms with van der Waals surface area (Å²) in [6, 6.07) is 5.55. The van der Waals surface area contributed by atoms with E-state index in [-0.39, 0.29) is 32.7 Å². The summed E-state index contributed by atoms with van der Waals surface area (Å²) in [4.78, 5) is 13.3. The Hall–Kier alpha value is -0.176. The van der Waals surface area contributed by atoms with E-state index in [1.54, 1.807) is 0 Å². The Morgan fingerprint density at radius 2 is 2.21 bits per heavy atom. The van der Waals surface area contributed by atoms with Crippen molar-refractivity contribution < 1.29 is 37.5 Å². The Balaban J connectivity index is 0.000000980. The van der Waals surface area contributed by atoms with Gasteiger partial charge in [-0.05, 0) is 17.7 Å².